The van der Waals surface area contributed by atoms with Crippen molar-refractivity contribution in [1.29, 1.82) is 0 Å². The van der Waals surface area contributed by atoms with Crippen LogP contribution in [0.2, 0.25) is 0 Å². The molecule has 2 aliphatic rings. The summed E-state index contributed by atoms with van der Waals surface area (Å²) >= 11 is 0. The molecule has 0 bridgehead atoms. The van der Waals surface area contributed by atoms with E-state index in [-0.39, 0.29) is 0 Å². The van der Waals surface area contributed by atoms with Gasteiger partial charge in [-0.1, -0.05) is 0 Å². The molecule has 0 aromatic carbocycles. The molecule has 1 saturated heterocycles. The van der Waals surface area contributed by atoms with Crippen LogP contribution in [0.25, 0.3) is 16.9 Å². The molecule has 176 valence electrons. The van der Waals surface area contributed by atoms with Crippen LogP contribution in [0.5, 0.6) is 0 Å². The van der Waals surface area contributed by atoms with Crippen molar-refractivity contribution in [2.75, 3.05) is 50.1 Å². The zero-order chi connectivity index (χ0) is 23.2. The SMILES string of the molecule is CN(CC1CCNCC1)c1nn2c(-c3ccnc(C(F)(F)F)c3)cnc2c2c1N(C)CCC2. The lowest BCUT2D eigenvalue weighted by Crippen LogP contribution is -2.36. The summed E-state index contributed by atoms with van der Waals surface area (Å²) in [6.07, 6.45) is 2.40. The van der Waals surface area contributed by atoms with Gasteiger partial charge >= 0.3 is 6.18 Å². The summed E-state index contributed by atoms with van der Waals surface area (Å²) in [6, 6.07) is 2.64. The van der Waals surface area contributed by atoms with Gasteiger partial charge in [-0.25, -0.2) is 9.50 Å². The second-order valence-corrected chi connectivity index (χ2v) is 9.06. The minimum atomic E-state index is -4.51. The molecule has 0 aliphatic carbocycles. The second-order valence-electron chi connectivity index (χ2n) is 9.06. The van der Waals surface area contributed by atoms with Gasteiger partial charge in [0.15, 0.2) is 11.5 Å². The standard InChI is InChI=1S/C23H28F3N7/c1-31-11-3-4-17-20(31)22(32(2)14-15-5-8-27-9-6-15)30-33-18(13-29-21(17)33)16-7-10-28-19(12-16)23(24,25)26/h7,10,12-13,15,27H,3-6,8-9,11,14H2,1-2H3. The number of piperidine rings is 1. The van der Waals surface area contributed by atoms with E-state index in [1.54, 1.807) is 16.8 Å². The van der Waals surface area contributed by atoms with Crippen molar-refractivity contribution in [2.45, 2.75) is 31.9 Å². The fraction of sp³-hybridized carbons (Fsp3) is 0.522. The first-order chi connectivity index (χ1) is 15.8. The van der Waals surface area contributed by atoms with Crippen molar-refractivity contribution in [3.63, 3.8) is 0 Å². The molecule has 33 heavy (non-hydrogen) atoms. The smallest absolute Gasteiger partial charge is 0.371 e. The Morgan fingerprint density at radius 2 is 2.00 bits per heavy atom. The number of hydrogen-bond donors (Lipinski definition) is 1. The molecule has 10 heteroatoms. The highest BCUT2D eigenvalue weighted by atomic mass is 19.4. The van der Waals surface area contributed by atoms with Crippen molar-refractivity contribution in [2.24, 2.45) is 5.92 Å². The first-order valence-corrected chi connectivity index (χ1v) is 11.4. The monoisotopic (exact) mass is 459 g/mol. The van der Waals surface area contributed by atoms with Gasteiger partial charge in [0.25, 0.3) is 0 Å². The van der Waals surface area contributed by atoms with Gasteiger partial charge in [-0.05, 0) is 56.8 Å². The molecule has 0 atom stereocenters. The highest BCUT2D eigenvalue weighted by Gasteiger charge is 2.33. The van der Waals surface area contributed by atoms with Crippen LogP contribution in [-0.4, -0.2) is 59.9 Å². The van der Waals surface area contributed by atoms with E-state index in [4.69, 9.17) is 5.10 Å². The van der Waals surface area contributed by atoms with Gasteiger partial charge in [-0.15, -0.1) is 5.10 Å². The normalized spacial score (nSPS) is 17.4. The van der Waals surface area contributed by atoms with E-state index < -0.39 is 11.9 Å². The molecule has 0 unspecified atom stereocenters. The number of hydrogen-bond acceptors (Lipinski definition) is 6. The van der Waals surface area contributed by atoms with E-state index in [9.17, 15) is 13.2 Å². The molecule has 5 heterocycles. The first-order valence-electron chi connectivity index (χ1n) is 11.4. The minimum Gasteiger partial charge on any atom is -0.371 e. The van der Waals surface area contributed by atoms with Crippen LogP contribution in [0.1, 0.15) is 30.5 Å². The number of aryl methyl sites for hydroxylation is 1. The molecule has 3 aromatic rings. The van der Waals surface area contributed by atoms with Gasteiger partial charge in [0, 0.05) is 44.5 Å². The summed E-state index contributed by atoms with van der Waals surface area (Å²) in [4.78, 5) is 12.5. The summed E-state index contributed by atoms with van der Waals surface area (Å²) in [5, 5.41) is 8.36. The molecule has 7 nitrogen and oxygen atoms in total. The maximum absolute atomic E-state index is 13.3. The van der Waals surface area contributed by atoms with Crippen LogP contribution >= 0.6 is 0 Å². The molecular formula is C23H28F3N7. The predicted octanol–water partition coefficient (Wildman–Crippen LogP) is 3.63. The predicted molar refractivity (Wildman–Crippen MR) is 122 cm³/mol. The third kappa shape index (κ3) is 4.12. The third-order valence-corrected chi connectivity index (χ3v) is 6.70. The van der Waals surface area contributed by atoms with Crippen LogP contribution in [0.3, 0.4) is 0 Å². The van der Waals surface area contributed by atoms with Gasteiger partial charge in [0.1, 0.15) is 5.69 Å². The average molecular weight is 460 g/mol. The molecule has 0 spiro atoms. The maximum atomic E-state index is 13.3. The van der Waals surface area contributed by atoms with E-state index in [0.717, 1.165) is 75.0 Å². The molecule has 0 amide bonds. The zero-order valence-electron chi connectivity index (χ0n) is 18.9. The summed E-state index contributed by atoms with van der Waals surface area (Å²) in [5.74, 6) is 1.43. The lowest BCUT2D eigenvalue weighted by Gasteiger charge is -2.34. The second kappa shape index (κ2) is 8.48. The van der Waals surface area contributed by atoms with Gasteiger partial charge in [0.2, 0.25) is 0 Å². The summed E-state index contributed by atoms with van der Waals surface area (Å²) < 4.78 is 41.5. The molecule has 0 saturated carbocycles. The number of aromatic nitrogens is 4. The largest absolute Gasteiger partial charge is 0.433 e. The number of nitrogens with one attached hydrogen (secondary N) is 1. The Morgan fingerprint density at radius 1 is 1.21 bits per heavy atom. The van der Waals surface area contributed by atoms with E-state index in [1.165, 1.54) is 6.20 Å². The number of alkyl halides is 3. The quantitative estimate of drug-likeness (QED) is 0.643. The molecule has 0 radical (unpaired) electrons. The van der Waals surface area contributed by atoms with E-state index in [0.29, 0.717) is 22.8 Å². The average Bonchev–Trinajstić information content (AvgIpc) is 3.23. The van der Waals surface area contributed by atoms with Crippen molar-refractivity contribution >= 4 is 17.2 Å². The zero-order valence-corrected chi connectivity index (χ0v) is 18.9. The van der Waals surface area contributed by atoms with Crippen molar-refractivity contribution in [1.82, 2.24) is 24.9 Å². The Hall–Kier alpha value is -2.88. The summed E-state index contributed by atoms with van der Waals surface area (Å²) in [6.45, 7) is 3.88. The Labute approximate surface area is 190 Å². The topological polar surface area (TPSA) is 61.6 Å². The first kappa shape index (κ1) is 21.9. The third-order valence-electron chi connectivity index (χ3n) is 6.70. The van der Waals surface area contributed by atoms with Crippen molar-refractivity contribution < 1.29 is 13.2 Å². The fourth-order valence-corrected chi connectivity index (χ4v) is 5.01. The van der Waals surface area contributed by atoms with E-state index in [2.05, 4.69) is 39.2 Å². The van der Waals surface area contributed by atoms with E-state index >= 15 is 0 Å². The van der Waals surface area contributed by atoms with Gasteiger partial charge in [-0.2, -0.15) is 13.2 Å². The molecule has 1 fully saturated rings. The fourth-order valence-electron chi connectivity index (χ4n) is 5.01. The highest BCUT2D eigenvalue weighted by molar-refractivity contribution is 5.79. The number of halogens is 3. The number of rotatable bonds is 4. The Balaban J connectivity index is 1.62. The number of nitrogens with zero attached hydrogens (tertiary/aromatic N) is 6. The molecule has 5 rings (SSSR count). The number of anilines is 2. The lowest BCUT2D eigenvalue weighted by molar-refractivity contribution is -0.141. The van der Waals surface area contributed by atoms with Crippen LogP contribution < -0.4 is 15.1 Å². The van der Waals surface area contributed by atoms with Crippen LogP contribution in [-0.2, 0) is 12.6 Å². The number of fused-ring (bicyclic) bond motifs is 3. The Bertz CT molecular complexity index is 1150. The maximum Gasteiger partial charge on any atom is 0.433 e. The number of imidazole rings is 1. The Kier molecular flexibility index (Phi) is 5.64. The van der Waals surface area contributed by atoms with Crippen LogP contribution in [0, 0.1) is 5.92 Å². The molecule has 1 N–H and O–H groups in total. The van der Waals surface area contributed by atoms with Gasteiger partial charge in [0.05, 0.1) is 17.6 Å². The van der Waals surface area contributed by atoms with E-state index in [1.807, 2.05) is 0 Å². The van der Waals surface area contributed by atoms with Crippen LogP contribution in [0.15, 0.2) is 24.5 Å². The highest BCUT2D eigenvalue weighted by Crippen LogP contribution is 2.38. The number of pyridine rings is 1. The lowest BCUT2D eigenvalue weighted by atomic mass is 9.97. The molecule has 2 aliphatic heterocycles. The van der Waals surface area contributed by atoms with Crippen molar-refractivity contribution in [3.8, 4) is 11.3 Å². The Morgan fingerprint density at radius 3 is 2.76 bits per heavy atom. The molecule has 3 aromatic heterocycles. The molecular weight excluding hydrogens is 431 g/mol. The van der Waals surface area contributed by atoms with Crippen LogP contribution in [0.4, 0.5) is 24.7 Å². The van der Waals surface area contributed by atoms with Gasteiger partial charge < -0.3 is 15.1 Å². The minimum absolute atomic E-state index is 0.397. The van der Waals surface area contributed by atoms with Crippen molar-refractivity contribution in [3.05, 3.63) is 35.8 Å². The summed E-state index contributed by atoms with van der Waals surface area (Å²) in [7, 11) is 4.13. The summed E-state index contributed by atoms with van der Waals surface area (Å²) in [5.41, 5.74) is 2.89. The van der Waals surface area contributed by atoms with Gasteiger partial charge in [-0.3, -0.25) is 4.98 Å².